The third-order valence-electron chi connectivity index (χ3n) is 4.65. The summed E-state index contributed by atoms with van der Waals surface area (Å²) in [6.45, 7) is 15.6. The zero-order valence-electron chi connectivity index (χ0n) is 17.1. The normalized spacial score (nSPS) is 12.3. The van der Waals surface area contributed by atoms with Crippen molar-refractivity contribution in [1.29, 1.82) is 0 Å². The third-order valence-corrected chi connectivity index (χ3v) is 5.56. The fourth-order valence-electron chi connectivity index (χ4n) is 3.17. The van der Waals surface area contributed by atoms with E-state index in [9.17, 15) is 0 Å². The van der Waals surface area contributed by atoms with Crippen molar-refractivity contribution >= 4 is 38.1 Å². The van der Waals surface area contributed by atoms with E-state index >= 15 is 0 Å². The first-order chi connectivity index (χ1) is 12.2. The summed E-state index contributed by atoms with van der Waals surface area (Å²) in [5.41, 5.74) is 6.07. The van der Waals surface area contributed by atoms with Crippen LogP contribution in [0.1, 0.15) is 82.6 Å². The fourth-order valence-corrected chi connectivity index (χ4v) is 4.20. The second-order valence-corrected chi connectivity index (χ2v) is 9.36. The molecule has 26 heavy (non-hydrogen) atoms. The van der Waals surface area contributed by atoms with E-state index in [1.165, 1.54) is 16.7 Å². The SMILES string of the molecule is CC(C)c1cccc(C(C)C)c1N=Cc1cccc(C(C)(C)C)c1[O][Tl]. The summed E-state index contributed by atoms with van der Waals surface area (Å²) in [5, 5.41) is 0. The Hall–Kier alpha value is -1.17. The average Bonchev–Trinajstić information content (AvgIpc) is 2.58. The molecule has 0 amide bonds. The number of para-hydroxylation sites is 2. The van der Waals surface area contributed by atoms with Crippen LogP contribution in [0.3, 0.4) is 0 Å². The first-order valence-corrected chi connectivity index (χ1v) is 11.2. The molecule has 0 aromatic heterocycles. The molecule has 2 nitrogen and oxygen atoms in total. The molecule has 0 bridgehead atoms. The van der Waals surface area contributed by atoms with Crippen LogP contribution in [0.5, 0.6) is 5.75 Å². The summed E-state index contributed by atoms with van der Waals surface area (Å²) in [6.07, 6.45) is 1.99. The van der Waals surface area contributed by atoms with Crippen molar-refractivity contribution in [1.82, 2.24) is 0 Å². The Kier molecular flexibility index (Phi) is 7.06. The van der Waals surface area contributed by atoms with E-state index in [4.69, 9.17) is 7.68 Å². The molecule has 0 N–H and O–H groups in total. The van der Waals surface area contributed by atoms with Gasteiger partial charge in [-0.15, -0.1) is 0 Å². The summed E-state index contributed by atoms with van der Waals surface area (Å²) >= 11 is 0.449. The Labute approximate surface area is 175 Å². The van der Waals surface area contributed by atoms with Crippen molar-refractivity contribution in [3.63, 3.8) is 0 Å². The van der Waals surface area contributed by atoms with E-state index in [1.54, 1.807) is 0 Å². The molecule has 2 aromatic rings. The van der Waals surface area contributed by atoms with Crippen molar-refractivity contribution in [2.75, 3.05) is 0 Å². The molecule has 0 radical (unpaired) electrons. The Morgan fingerprint density at radius 1 is 0.923 bits per heavy atom. The van der Waals surface area contributed by atoms with Crippen molar-refractivity contribution in [2.45, 2.75) is 65.7 Å². The van der Waals surface area contributed by atoms with Gasteiger partial charge in [0.1, 0.15) is 0 Å². The second kappa shape index (κ2) is 8.68. The molecular formula is C23H30NOTl. The molecule has 2 rings (SSSR count). The molecule has 0 saturated carbocycles. The number of rotatable bonds is 5. The van der Waals surface area contributed by atoms with Crippen LogP contribution in [0.4, 0.5) is 5.69 Å². The van der Waals surface area contributed by atoms with Gasteiger partial charge in [-0.05, 0) is 0 Å². The molecule has 0 aliphatic rings. The van der Waals surface area contributed by atoms with Crippen molar-refractivity contribution in [3.8, 4) is 5.75 Å². The van der Waals surface area contributed by atoms with Gasteiger partial charge in [0, 0.05) is 0 Å². The van der Waals surface area contributed by atoms with E-state index in [0.29, 0.717) is 38.1 Å². The first-order valence-electron chi connectivity index (χ1n) is 9.34. The molecule has 136 valence electrons. The van der Waals surface area contributed by atoms with Crippen molar-refractivity contribution in [3.05, 3.63) is 58.7 Å². The molecule has 0 fully saturated rings. The molecule has 0 heterocycles. The summed E-state index contributed by atoms with van der Waals surface area (Å²) in [7, 11) is 0. The average molecular weight is 541 g/mol. The van der Waals surface area contributed by atoms with E-state index in [2.05, 4.69) is 84.9 Å². The summed E-state index contributed by atoms with van der Waals surface area (Å²) in [4.78, 5) is 4.96. The van der Waals surface area contributed by atoms with Gasteiger partial charge in [-0.3, -0.25) is 0 Å². The van der Waals surface area contributed by atoms with Gasteiger partial charge in [-0.1, -0.05) is 0 Å². The van der Waals surface area contributed by atoms with Gasteiger partial charge in [0.2, 0.25) is 0 Å². The Morgan fingerprint density at radius 3 is 1.92 bits per heavy atom. The fraction of sp³-hybridized carbons (Fsp3) is 0.435. The Morgan fingerprint density at radius 2 is 1.46 bits per heavy atom. The standard InChI is InChI=1S/C23H31NO.Tl/c1-15(2)18-11-9-12-19(16(3)4)21(18)24-14-17-10-8-13-20(22(17)25)23(5,6)7;/h8-16,25H,1-7H3;/q;+1/p-1. The monoisotopic (exact) mass is 541 g/mol. The van der Waals surface area contributed by atoms with Crippen LogP contribution in [0.15, 0.2) is 41.4 Å². The molecule has 0 aliphatic carbocycles. The van der Waals surface area contributed by atoms with Crippen LogP contribution in [-0.4, -0.2) is 32.4 Å². The van der Waals surface area contributed by atoms with Gasteiger partial charge in [0.15, 0.2) is 0 Å². The van der Waals surface area contributed by atoms with Gasteiger partial charge in [-0.25, -0.2) is 0 Å². The van der Waals surface area contributed by atoms with Gasteiger partial charge in [0.25, 0.3) is 0 Å². The Balaban J connectivity index is 2.58. The molecule has 0 unspecified atom stereocenters. The minimum atomic E-state index is 0.0486. The molecule has 0 aliphatic heterocycles. The van der Waals surface area contributed by atoms with Crippen molar-refractivity contribution < 1.29 is 2.69 Å². The van der Waals surface area contributed by atoms with E-state index in [-0.39, 0.29) is 5.41 Å². The number of nitrogens with zero attached hydrogens (tertiary/aromatic N) is 1. The maximum atomic E-state index is 5.92. The van der Waals surface area contributed by atoms with Crippen LogP contribution in [-0.2, 0) is 5.41 Å². The van der Waals surface area contributed by atoms with Crippen LogP contribution in [0.25, 0.3) is 0 Å². The van der Waals surface area contributed by atoms with E-state index < -0.39 is 0 Å². The van der Waals surface area contributed by atoms with Gasteiger partial charge in [-0.2, -0.15) is 0 Å². The molecule has 3 heteroatoms. The predicted molar refractivity (Wildman–Crippen MR) is 113 cm³/mol. The number of hydrogen-bond acceptors (Lipinski definition) is 2. The first kappa shape index (κ1) is 21.1. The van der Waals surface area contributed by atoms with Gasteiger partial charge < -0.3 is 0 Å². The molecule has 0 atom stereocenters. The quantitative estimate of drug-likeness (QED) is 0.316. The molecular weight excluding hydrogens is 511 g/mol. The molecule has 0 saturated heterocycles. The second-order valence-electron chi connectivity index (χ2n) is 8.44. The van der Waals surface area contributed by atoms with Crippen LogP contribution >= 0.6 is 0 Å². The molecule has 0 spiro atoms. The zero-order valence-corrected chi connectivity index (χ0v) is 21.6. The summed E-state index contributed by atoms with van der Waals surface area (Å²) in [5.74, 6) is 1.87. The Bertz CT molecular complexity index is 759. The topological polar surface area (TPSA) is 21.6 Å². The van der Waals surface area contributed by atoms with E-state index in [0.717, 1.165) is 17.0 Å². The number of benzene rings is 2. The van der Waals surface area contributed by atoms with Crippen LogP contribution < -0.4 is 2.69 Å². The van der Waals surface area contributed by atoms with E-state index in [1.807, 2.05) is 6.21 Å². The zero-order chi connectivity index (χ0) is 19.5. The number of hydrogen-bond donors (Lipinski definition) is 0. The van der Waals surface area contributed by atoms with Gasteiger partial charge >= 0.3 is 176 Å². The predicted octanol–water partition coefficient (Wildman–Crippen LogP) is 6.44. The summed E-state index contributed by atoms with van der Waals surface area (Å²) in [6, 6.07) is 12.9. The third kappa shape index (κ3) is 4.76. The van der Waals surface area contributed by atoms with Gasteiger partial charge in [0.05, 0.1) is 0 Å². The van der Waals surface area contributed by atoms with Crippen molar-refractivity contribution in [2.24, 2.45) is 4.99 Å². The number of aliphatic imine (C=N–C) groups is 1. The maximum absolute atomic E-state index is 5.92. The summed E-state index contributed by atoms with van der Waals surface area (Å²) < 4.78 is 5.92. The molecule has 2 aromatic carbocycles. The van der Waals surface area contributed by atoms with Crippen LogP contribution in [0, 0.1) is 0 Å². The minimum absolute atomic E-state index is 0.0486. The van der Waals surface area contributed by atoms with Crippen LogP contribution in [0.2, 0.25) is 0 Å².